The molecule has 0 radical (unpaired) electrons. The Morgan fingerprint density at radius 2 is 1.67 bits per heavy atom. The molecule has 3 fully saturated rings. The average Bonchev–Trinajstić information content (AvgIpc) is 3.34. The number of rotatable bonds is 3. The van der Waals surface area contributed by atoms with Crippen molar-refractivity contribution in [1.29, 1.82) is 0 Å². The Morgan fingerprint density at radius 1 is 1.00 bits per heavy atom. The van der Waals surface area contributed by atoms with Crippen LogP contribution < -0.4 is 0 Å². The Morgan fingerprint density at radius 3 is 2.33 bits per heavy atom. The van der Waals surface area contributed by atoms with E-state index >= 15 is 0 Å². The number of benzene rings is 1. The third-order valence-electron chi connectivity index (χ3n) is 6.36. The van der Waals surface area contributed by atoms with Crippen molar-refractivity contribution in [2.24, 2.45) is 0 Å². The smallest absolute Gasteiger partial charge is 0.243 e. The minimum absolute atomic E-state index is 0.191. The lowest BCUT2D eigenvalue weighted by Crippen LogP contribution is -2.57. The molecular weight excluding hydrogens is 303 g/mol. The van der Waals surface area contributed by atoms with E-state index in [0.29, 0.717) is 11.8 Å². The third kappa shape index (κ3) is 2.75. The Bertz CT molecular complexity index is 588. The maximum Gasteiger partial charge on any atom is 0.243 e. The molecule has 3 nitrogen and oxygen atoms in total. The largest absolute Gasteiger partial charge is 0.340 e. The van der Waals surface area contributed by atoms with E-state index in [4.69, 9.17) is 0 Å². The summed E-state index contributed by atoms with van der Waals surface area (Å²) in [5.41, 5.74) is 0.946. The van der Waals surface area contributed by atoms with Gasteiger partial charge in [-0.2, -0.15) is 0 Å². The average molecular weight is 330 g/mol. The van der Waals surface area contributed by atoms with Crippen LogP contribution in [0.1, 0.15) is 56.4 Å². The summed E-state index contributed by atoms with van der Waals surface area (Å²) in [6.07, 6.45) is 7.87. The van der Waals surface area contributed by atoms with Gasteiger partial charge in [-0.05, 0) is 62.9 Å². The van der Waals surface area contributed by atoms with Crippen LogP contribution in [0.4, 0.5) is 4.39 Å². The van der Waals surface area contributed by atoms with E-state index in [1.807, 2.05) is 12.1 Å². The summed E-state index contributed by atoms with van der Waals surface area (Å²) in [6.45, 7) is 3.80. The number of carbonyl (C=O) groups excluding carboxylic acids is 1. The molecule has 2 heterocycles. The normalized spacial score (nSPS) is 27.0. The molecule has 1 unspecified atom stereocenters. The molecule has 0 spiro atoms. The van der Waals surface area contributed by atoms with E-state index in [2.05, 4.69) is 9.80 Å². The summed E-state index contributed by atoms with van der Waals surface area (Å²) < 4.78 is 13.1. The van der Waals surface area contributed by atoms with E-state index in [1.165, 1.54) is 37.8 Å². The summed E-state index contributed by atoms with van der Waals surface area (Å²) in [4.78, 5) is 18.0. The quantitative estimate of drug-likeness (QED) is 0.846. The Hall–Kier alpha value is -1.42. The van der Waals surface area contributed by atoms with E-state index in [-0.39, 0.29) is 11.4 Å². The molecule has 0 bridgehead atoms. The molecule has 1 aromatic rings. The Kier molecular flexibility index (Phi) is 4.33. The predicted octanol–water partition coefficient (Wildman–Crippen LogP) is 3.55. The highest BCUT2D eigenvalue weighted by molar-refractivity contribution is 5.87. The highest BCUT2D eigenvalue weighted by Crippen LogP contribution is 2.40. The van der Waals surface area contributed by atoms with Crippen molar-refractivity contribution in [3.05, 3.63) is 35.6 Å². The minimum atomic E-state index is -0.214. The number of halogens is 1. The van der Waals surface area contributed by atoms with Crippen LogP contribution in [0.15, 0.2) is 24.3 Å². The van der Waals surface area contributed by atoms with Gasteiger partial charge in [0.1, 0.15) is 11.4 Å². The van der Waals surface area contributed by atoms with Gasteiger partial charge in [-0.3, -0.25) is 9.69 Å². The zero-order valence-corrected chi connectivity index (χ0v) is 14.3. The molecule has 24 heavy (non-hydrogen) atoms. The van der Waals surface area contributed by atoms with Crippen LogP contribution in [-0.4, -0.2) is 47.4 Å². The highest BCUT2D eigenvalue weighted by atomic mass is 19.1. The van der Waals surface area contributed by atoms with Crippen molar-refractivity contribution >= 4 is 5.91 Å². The van der Waals surface area contributed by atoms with Gasteiger partial charge in [-0.25, -0.2) is 4.39 Å². The lowest BCUT2D eigenvalue weighted by molar-refractivity contribution is -0.143. The molecule has 1 aromatic carbocycles. The van der Waals surface area contributed by atoms with Gasteiger partial charge in [0.05, 0.1) is 0 Å². The van der Waals surface area contributed by atoms with Gasteiger partial charge >= 0.3 is 0 Å². The highest BCUT2D eigenvalue weighted by Gasteiger charge is 2.49. The topological polar surface area (TPSA) is 23.6 Å². The summed E-state index contributed by atoms with van der Waals surface area (Å²) in [6, 6.07) is 6.81. The van der Waals surface area contributed by atoms with Gasteiger partial charge in [0, 0.05) is 19.0 Å². The Labute approximate surface area is 143 Å². The number of hydrogen-bond donors (Lipinski definition) is 0. The molecule has 1 saturated carbocycles. The van der Waals surface area contributed by atoms with Gasteiger partial charge in [0.2, 0.25) is 5.91 Å². The first-order chi connectivity index (χ1) is 11.7. The van der Waals surface area contributed by atoms with Crippen LogP contribution in [-0.2, 0) is 4.79 Å². The van der Waals surface area contributed by atoms with Crippen molar-refractivity contribution in [1.82, 2.24) is 9.80 Å². The summed E-state index contributed by atoms with van der Waals surface area (Å²) in [7, 11) is 0. The van der Waals surface area contributed by atoms with Gasteiger partial charge in [0.15, 0.2) is 0 Å². The van der Waals surface area contributed by atoms with Gasteiger partial charge < -0.3 is 4.90 Å². The van der Waals surface area contributed by atoms with Crippen molar-refractivity contribution in [3.8, 4) is 0 Å². The number of likely N-dealkylation sites (tertiary alicyclic amines) is 2. The van der Waals surface area contributed by atoms with Crippen LogP contribution in [0, 0.1) is 5.82 Å². The van der Waals surface area contributed by atoms with Crippen molar-refractivity contribution < 1.29 is 9.18 Å². The molecule has 0 N–H and O–H groups in total. The second-order valence-electron chi connectivity index (χ2n) is 7.72. The minimum Gasteiger partial charge on any atom is -0.340 e. The second-order valence-corrected chi connectivity index (χ2v) is 7.72. The van der Waals surface area contributed by atoms with Gasteiger partial charge in [-0.15, -0.1) is 0 Å². The van der Waals surface area contributed by atoms with E-state index in [9.17, 15) is 9.18 Å². The SMILES string of the molecule is O=C(N1CCC(c2ccc(F)cc2)C1)C1(N2CCCC2)CCCC1. The molecule has 1 atom stereocenters. The molecule has 2 saturated heterocycles. The first-order valence-corrected chi connectivity index (χ1v) is 9.49. The van der Waals surface area contributed by atoms with Crippen LogP contribution >= 0.6 is 0 Å². The number of hydrogen-bond acceptors (Lipinski definition) is 2. The number of nitrogens with zero attached hydrogens (tertiary/aromatic N) is 2. The monoisotopic (exact) mass is 330 g/mol. The fourth-order valence-corrected chi connectivity index (χ4v) is 5.02. The van der Waals surface area contributed by atoms with Crippen molar-refractivity contribution in [2.75, 3.05) is 26.2 Å². The zero-order chi connectivity index (χ0) is 16.6. The molecule has 4 heteroatoms. The van der Waals surface area contributed by atoms with E-state index in [0.717, 1.165) is 51.0 Å². The van der Waals surface area contributed by atoms with Gasteiger partial charge in [-0.1, -0.05) is 25.0 Å². The maximum absolute atomic E-state index is 13.4. The van der Waals surface area contributed by atoms with E-state index < -0.39 is 0 Å². The zero-order valence-electron chi connectivity index (χ0n) is 14.3. The molecule has 3 aliphatic rings. The molecule has 0 aromatic heterocycles. The predicted molar refractivity (Wildman–Crippen MR) is 92.3 cm³/mol. The number of amides is 1. The fraction of sp³-hybridized carbons (Fsp3) is 0.650. The van der Waals surface area contributed by atoms with Crippen molar-refractivity contribution in [2.45, 2.75) is 56.4 Å². The first-order valence-electron chi connectivity index (χ1n) is 9.49. The summed E-state index contributed by atoms with van der Waals surface area (Å²) in [5, 5.41) is 0. The first kappa shape index (κ1) is 16.1. The second kappa shape index (κ2) is 6.47. The molecule has 4 rings (SSSR count). The van der Waals surface area contributed by atoms with Crippen LogP contribution in [0.5, 0.6) is 0 Å². The molecule has 1 amide bonds. The van der Waals surface area contributed by atoms with Crippen molar-refractivity contribution in [3.63, 3.8) is 0 Å². The van der Waals surface area contributed by atoms with Crippen LogP contribution in [0.2, 0.25) is 0 Å². The summed E-state index contributed by atoms with van der Waals surface area (Å²) >= 11 is 0. The third-order valence-corrected chi connectivity index (χ3v) is 6.36. The van der Waals surface area contributed by atoms with Crippen LogP contribution in [0.25, 0.3) is 0 Å². The fourth-order valence-electron chi connectivity index (χ4n) is 5.02. The molecular formula is C20H27FN2O. The lowest BCUT2D eigenvalue weighted by atomic mass is 9.93. The maximum atomic E-state index is 13.4. The summed E-state index contributed by atoms with van der Waals surface area (Å²) in [5.74, 6) is 0.529. The number of carbonyl (C=O) groups is 1. The molecule has 130 valence electrons. The van der Waals surface area contributed by atoms with E-state index in [1.54, 1.807) is 0 Å². The standard InChI is InChI=1S/C20H27FN2O/c21-18-7-5-16(6-8-18)17-9-14-22(15-17)19(24)20(10-1-2-11-20)23-12-3-4-13-23/h5-8,17H,1-4,9-15H2. The lowest BCUT2D eigenvalue weighted by Gasteiger charge is -2.40. The molecule has 2 aliphatic heterocycles. The Balaban J connectivity index is 1.49. The van der Waals surface area contributed by atoms with Gasteiger partial charge in [0.25, 0.3) is 0 Å². The van der Waals surface area contributed by atoms with Crippen LogP contribution in [0.3, 0.4) is 0 Å². The molecule has 1 aliphatic carbocycles.